The maximum atomic E-state index is 11.5. The highest BCUT2D eigenvalue weighted by Gasteiger charge is 2.07. The number of carbonyl (C=O) groups is 1. The molecular formula is C12H13NO4S. The third kappa shape index (κ3) is 4.84. The first kappa shape index (κ1) is 14.0. The topological polar surface area (TPSA) is 83.5 Å². The summed E-state index contributed by atoms with van der Waals surface area (Å²) in [5.41, 5.74) is 0.973. The van der Waals surface area contributed by atoms with E-state index in [2.05, 4.69) is 11.3 Å². The van der Waals surface area contributed by atoms with Gasteiger partial charge in [-0.05, 0) is 23.8 Å². The standard InChI is InChI=1S/C12H13NO4S/c1-2-8-18(16,17)13-11-5-3-4-10(9-11)6-7-12(14)15/h2-7,9,13H,1,8H2,(H,14,15)/b7-6+. The van der Waals surface area contributed by atoms with Crippen molar-refractivity contribution >= 4 is 27.8 Å². The van der Waals surface area contributed by atoms with Crippen LogP contribution < -0.4 is 4.72 Å². The van der Waals surface area contributed by atoms with Gasteiger partial charge in [0.15, 0.2) is 0 Å². The maximum Gasteiger partial charge on any atom is 0.328 e. The monoisotopic (exact) mass is 267 g/mol. The molecule has 18 heavy (non-hydrogen) atoms. The number of sulfonamides is 1. The summed E-state index contributed by atoms with van der Waals surface area (Å²) in [5.74, 6) is -1.24. The van der Waals surface area contributed by atoms with E-state index in [1.54, 1.807) is 24.3 Å². The van der Waals surface area contributed by atoms with Crippen molar-refractivity contribution in [1.82, 2.24) is 0 Å². The Morgan fingerprint density at radius 3 is 2.78 bits per heavy atom. The average molecular weight is 267 g/mol. The molecule has 0 aliphatic rings. The van der Waals surface area contributed by atoms with Crippen LogP contribution in [-0.2, 0) is 14.8 Å². The molecule has 0 saturated heterocycles. The summed E-state index contributed by atoms with van der Waals surface area (Å²) in [6.07, 6.45) is 3.65. The smallest absolute Gasteiger partial charge is 0.328 e. The Morgan fingerprint density at radius 1 is 1.44 bits per heavy atom. The quantitative estimate of drug-likeness (QED) is 0.607. The molecule has 0 amide bonds. The Bertz CT molecular complexity index is 575. The van der Waals surface area contributed by atoms with Crippen LogP contribution in [0.15, 0.2) is 43.0 Å². The summed E-state index contributed by atoms with van der Waals surface area (Å²) in [7, 11) is -3.44. The maximum absolute atomic E-state index is 11.5. The summed E-state index contributed by atoms with van der Waals surface area (Å²) in [6, 6.07) is 6.43. The van der Waals surface area contributed by atoms with Crippen molar-refractivity contribution in [2.75, 3.05) is 10.5 Å². The zero-order chi connectivity index (χ0) is 13.6. The number of anilines is 1. The lowest BCUT2D eigenvalue weighted by Crippen LogP contribution is -2.15. The van der Waals surface area contributed by atoms with Gasteiger partial charge in [-0.3, -0.25) is 4.72 Å². The van der Waals surface area contributed by atoms with Crippen molar-refractivity contribution in [3.05, 3.63) is 48.6 Å². The van der Waals surface area contributed by atoms with Crippen molar-refractivity contribution in [1.29, 1.82) is 0 Å². The predicted octanol–water partition coefficient (Wildman–Crippen LogP) is 1.71. The number of hydrogen-bond donors (Lipinski definition) is 2. The number of nitrogens with one attached hydrogen (secondary N) is 1. The Morgan fingerprint density at radius 2 is 2.17 bits per heavy atom. The fourth-order valence-electron chi connectivity index (χ4n) is 1.25. The van der Waals surface area contributed by atoms with Gasteiger partial charge in [0, 0.05) is 11.8 Å². The minimum atomic E-state index is -3.44. The lowest BCUT2D eigenvalue weighted by Gasteiger charge is -2.06. The second-order valence-electron chi connectivity index (χ2n) is 3.47. The highest BCUT2D eigenvalue weighted by molar-refractivity contribution is 7.92. The molecule has 6 heteroatoms. The van der Waals surface area contributed by atoms with Gasteiger partial charge in [-0.15, -0.1) is 6.58 Å². The molecule has 0 aliphatic carbocycles. The van der Waals surface area contributed by atoms with Crippen LogP contribution in [-0.4, -0.2) is 25.2 Å². The SMILES string of the molecule is C=CCS(=O)(=O)Nc1cccc(/C=C/C(=O)O)c1. The van der Waals surface area contributed by atoms with Gasteiger partial charge in [0.2, 0.25) is 10.0 Å². The van der Waals surface area contributed by atoms with Gasteiger partial charge in [-0.1, -0.05) is 18.2 Å². The van der Waals surface area contributed by atoms with Gasteiger partial charge in [0.05, 0.1) is 5.75 Å². The number of carboxylic acid groups (broad SMARTS) is 1. The van der Waals surface area contributed by atoms with Gasteiger partial charge >= 0.3 is 5.97 Å². The third-order valence-electron chi connectivity index (χ3n) is 1.92. The van der Waals surface area contributed by atoms with Crippen LogP contribution in [0.4, 0.5) is 5.69 Å². The van der Waals surface area contributed by atoms with Gasteiger partial charge < -0.3 is 5.11 Å². The molecule has 5 nitrogen and oxygen atoms in total. The number of carboxylic acids is 1. The first-order valence-electron chi connectivity index (χ1n) is 5.05. The van der Waals surface area contributed by atoms with E-state index in [4.69, 9.17) is 5.11 Å². The molecule has 0 unspecified atom stereocenters. The highest BCUT2D eigenvalue weighted by atomic mass is 32.2. The Kier molecular flexibility index (Phi) is 4.67. The van der Waals surface area contributed by atoms with E-state index < -0.39 is 16.0 Å². The lowest BCUT2D eigenvalue weighted by atomic mass is 10.2. The zero-order valence-corrected chi connectivity index (χ0v) is 10.4. The largest absolute Gasteiger partial charge is 0.478 e. The third-order valence-corrected chi connectivity index (χ3v) is 3.14. The number of rotatable bonds is 6. The molecule has 1 rings (SSSR count). The summed E-state index contributed by atoms with van der Waals surface area (Å²) in [6.45, 7) is 3.36. The first-order chi connectivity index (χ1) is 8.43. The van der Waals surface area contributed by atoms with Crippen LogP contribution >= 0.6 is 0 Å². The van der Waals surface area contributed by atoms with Crippen molar-refractivity contribution in [2.45, 2.75) is 0 Å². The molecular weight excluding hydrogens is 254 g/mol. The van der Waals surface area contributed by atoms with Crippen molar-refractivity contribution in [3.63, 3.8) is 0 Å². The minimum absolute atomic E-state index is 0.178. The van der Waals surface area contributed by atoms with E-state index in [0.29, 0.717) is 11.3 Å². The predicted molar refractivity (Wildman–Crippen MR) is 70.7 cm³/mol. The van der Waals surface area contributed by atoms with Crippen LogP contribution in [0.25, 0.3) is 6.08 Å². The second kappa shape index (κ2) is 6.02. The molecule has 0 bridgehead atoms. The van der Waals surface area contributed by atoms with Crippen molar-refractivity contribution in [2.24, 2.45) is 0 Å². The van der Waals surface area contributed by atoms with E-state index in [-0.39, 0.29) is 5.75 Å². The minimum Gasteiger partial charge on any atom is -0.478 e. The zero-order valence-electron chi connectivity index (χ0n) is 9.54. The Labute approximate surface area is 106 Å². The van der Waals surface area contributed by atoms with Gasteiger partial charge in [0.1, 0.15) is 0 Å². The van der Waals surface area contributed by atoms with Gasteiger partial charge in [0.25, 0.3) is 0 Å². The van der Waals surface area contributed by atoms with E-state index in [1.807, 2.05) is 0 Å². The average Bonchev–Trinajstić information content (AvgIpc) is 2.26. The lowest BCUT2D eigenvalue weighted by molar-refractivity contribution is -0.131. The van der Waals surface area contributed by atoms with Crippen LogP contribution in [0, 0.1) is 0 Å². The summed E-state index contributed by atoms with van der Waals surface area (Å²) in [4.78, 5) is 10.4. The van der Waals surface area contributed by atoms with Crippen LogP contribution in [0.1, 0.15) is 5.56 Å². The Hall–Kier alpha value is -2.08. The number of aliphatic carboxylic acids is 1. The first-order valence-corrected chi connectivity index (χ1v) is 6.70. The fourth-order valence-corrected chi connectivity index (χ4v) is 2.13. The summed E-state index contributed by atoms with van der Waals surface area (Å²) >= 11 is 0. The van der Waals surface area contributed by atoms with Crippen LogP contribution in [0.2, 0.25) is 0 Å². The fraction of sp³-hybridized carbons (Fsp3) is 0.0833. The molecule has 0 saturated carbocycles. The van der Waals surface area contributed by atoms with Crippen LogP contribution in [0.5, 0.6) is 0 Å². The summed E-state index contributed by atoms with van der Waals surface area (Å²) < 4.78 is 25.3. The highest BCUT2D eigenvalue weighted by Crippen LogP contribution is 2.13. The molecule has 0 spiro atoms. The van der Waals surface area contributed by atoms with Gasteiger partial charge in [-0.2, -0.15) is 0 Å². The normalized spacial score (nSPS) is 11.3. The molecule has 2 N–H and O–H groups in total. The second-order valence-corrected chi connectivity index (χ2v) is 5.24. The van der Waals surface area contributed by atoms with Crippen molar-refractivity contribution in [3.8, 4) is 0 Å². The summed E-state index contributed by atoms with van der Waals surface area (Å²) in [5, 5.41) is 8.49. The molecule has 0 heterocycles. The van der Waals surface area contributed by atoms with Crippen LogP contribution in [0.3, 0.4) is 0 Å². The van der Waals surface area contributed by atoms with E-state index in [1.165, 1.54) is 12.2 Å². The van der Waals surface area contributed by atoms with E-state index >= 15 is 0 Å². The molecule has 1 aromatic carbocycles. The number of hydrogen-bond acceptors (Lipinski definition) is 3. The van der Waals surface area contributed by atoms with Crippen molar-refractivity contribution < 1.29 is 18.3 Å². The molecule has 1 aromatic rings. The van der Waals surface area contributed by atoms with E-state index in [0.717, 1.165) is 6.08 Å². The molecule has 0 aliphatic heterocycles. The van der Waals surface area contributed by atoms with Gasteiger partial charge in [-0.25, -0.2) is 13.2 Å². The Balaban J connectivity index is 2.89. The molecule has 0 atom stereocenters. The molecule has 96 valence electrons. The number of benzene rings is 1. The molecule has 0 aromatic heterocycles. The molecule has 0 radical (unpaired) electrons. The van der Waals surface area contributed by atoms with E-state index in [9.17, 15) is 13.2 Å². The molecule has 0 fully saturated rings.